The number of hydrogen-bond acceptors (Lipinski definition) is 2. The zero-order valence-corrected chi connectivity index (χ0v) is 7.96. The van der Waals surface area contributed by atoms with Gasteiger partial charge in [-0.15, -0.1) is 0 Å². The van der Waals surface area contributed by atoms with Gasteiger partial charge in [-0.2, -0.15) is 0 Å². The van der Waals surface area contributed by atoms with E-state index in [1.54, 1.807) is 0 Å². The van der Waals surface area contributed by atoms with Gasteiger partial charge in [0.15, 0.2) is 0 Å². The highest BCUT2D eigenvalue weighted by molar-refractivity contribution is 5.83. The summed E-state index contributed by atoms with van der Waals surface area (Å²) in [4.78, 5) is 10.7. The van der Waals surface area contributed by atoms with Gasteiger partial charge < -0.3 is 4.74 Å². The molecule has 0 saturated heterocycles. The maximum atomic E-state index is 10.7. The highest BCUT2D eigenvalue weighted by Crippen LogP contribution is 1.98. The number of esters is 1. The van der Waals surface area contributed by atoms with Crippen LogP contribution >= 0.6 is 0 Å². The third-order valence-electron chi connectivity index (χ3n) is 1.38. The third kappa shape index (κ3) is 5.71. The molecule has 2 nitrogen and oxygen atoms in total. The van der Waals surface area contributed by atoms with Gasteiger partial charge in [0.05, 0.1) is 7.11 Å². The van der Waals surface area contributed by atoms with Crippen molar-refractivity contribution in [3.63, 3.8) is 0 Å². The number of carbonyl (C=O) groups excluding carboxylic acids is 1. The van der Waals surface area contributed by atoms with Crippen LogP contribution in [0.15, 0.2) is 23.8 Å². The van der Waals surface area contributed by atoms with E-state index < -0.39 is 0 Å². The Morgan fingerprint density at radius 3 is 2.67 bits per heavy atom. The lowest BCUT2D eigenvalue weighted by Gasteiger charge is -1.92. The molecule has 2 heteroatoms. The fraction of sp³-hybridized carbons (Fsp3) is 0.500. The molecule has 0 aliphatic heterocycles. The van der Waals surface area contributed by atoms with Crippen molar-refractivity contribution >= 4 is 5.97 Å². The Balaban J connectivity index is 3.92. The van der Waals surface area contributed by atoms with E-state index in [4.69, 9.17) is 0 Å². The number of hydrogen-bond donors (Lipinski definition) is 0. The largest absolute Gasteiger partial charge is 0.466 e. The summed E-state index contributed by atoms with van der Waals surface area (Å²) in [5, 5.41) is 0. The van der Waals surface area contributed by atoms with E-state index in [2.05, 4.69) is 17.7 Å². The van der Waals surface area contributed by atoms with Crippen molar-refractivity contribution in [3.05, 3.63) is 23.8 Å². The van der Waals surface area contributed by atoms with E-state index in [9.17, 15) is 4.79 Å². The van der Waals surface area contributed by atoms with Gasteiger partial charge in [-0.3, -0.25) is 0 Å². The maximum Gasteiger partial charge on any atom is 0.330 e. The van der Waals surface area contributed by atoms with Crippen LogP contribution in [0.3, 0.4) is 0 Å². The molecule has 0 heterocycles. The molecule has 0 bridgehead atoms. The van der Waals surface area contributed by atoms with Crippen LogP contribution in [0, 0.1) is 0 Å². The Labute approximate surface area is 73.9 Å². The van der Waals surface area contributed by atoms with E-state index in [-0.39, 0.29) is 5.97 Å². The van der Waals surface area contributed by atoms with Crippen molar-refractivity contribution in [1.29, 1.82) is 0 Å². The molecule has 0 atom stereocenters. The quantitative estimate of drug-likeness (QED) is 0.366. The molecule has 0 aromatic carbocycles. The normalized spacial score (nSPS) is 12.1. The van der Waals surface area contributed by atoms with Crippen LogP contribution < -0.4 is 0 Å². The molecule has 12 heavy (non-hydrogen) atoms. The second kappa shape index (κ2) is 6.65. The van der Waals surface area contributed by atoms with Crippen LogP contribution in [0.5, 0.6) is 0 Å². The summed E-state index contributed by atoms with van der Waals surface area (Å²) in [6, 6.07) is 0. The predicted molar refractivity (Wildman–Crippen MR) is 49.8 cm³/mol. The SMILES string of the molecule is CCC/C=C/C(C)=C/C(=O)OC. The third-order valence-corrected chi connectivity index (χ3v) is 1.38. The Bertz CT molecular complexity index is 190. The zero-order valence-electron chi connectivity index (χ0n) is 7.96. The highest BCUT2D eigenvalue weighted by Gasteiger charge is 1.91. The Kier molecular flexibility index (Phi) is 6.07. The van der Waals surface area contributed by atoms with Gasteiger partial charge >= 0.3 is 5.97 Å². The number of carbonyl (C=O) groups is 1. The molecule has 0 rings (SSSR count). The molecule has 0 aromatic heterocycles. The van der Waals surface area contributed by atoms with Crippen LogP contribution in [0.2, 0.25) is 0 Å². The van der Waals surface area contributed by atoms with Gasteiger partial charge in [-0.1, -0.05) is 25.5 Å². The first-order chi connectivity index (χ1) is 5.70. The molecule has 0 fully saturated rings. The molecular weight excluding hydrogens is 152 g/mol. The molecule has 0 saturated carbocycles. The minimum Gasteiger partial charge on any atom is -0.466 e. The summed E-state index contributed by atoms with van der Waals surface area (Å²) in [5.74, 6) is -0.298. The van der Waals surface area contributed by atoms with Crippen molar-refractivity contribution in [2.75, 3.05) is 7.11 Å². The molecule has 0 N–H and O–H groups in total. The molecule has 0 unspecified atom stereocenters. The van der Waals surface area contributed by atoms with Gasteiger partial charge in [-0.05, 0) is 18.9 Å². The lowest BCUT2D eigenvalue weighted by molar-refractivity contribution is -0.134. The van der Waals surface area contributed by atoms with E-state index in [1.165, 1.54) is 13.2 Å². The van der Waals surface area contributed by atoms with Crippen LogP contribution in [0.1, 0.15) is 26.7 Å². The Morgan fingerprint density at radius 2 is 2.17 bits per heavy atom. The van der Waals surface area contributed by atoms with Crippen molar-refractivity contribution in [2.45, 2.75) is 26.7 Å². The number of unbranched alkanes of at least 4 members (excludes halogenated alkanes) is 1. The first-order valence-corrected chi connectivity index (χ1v) is 4.13. The fourth-order valence-corrected chi connectivity index (χ4v) is 0.729. The van der Waals surface area contributed by atoms with Crippen molar-refractivity contribution in [2.24, 2.45) is 0 Å². The minimum atomic E-state index is -0.298. The number of rotatable bonds is 4. The molecule has 0 spiro atoms. The second-order valence-corrected chi connectivity index (χ2v) is 2.60. The van der Waals surface area contributed by atoms with Gasteiger partial charge in [0.25, 0.3) is 0 Å². The lowest BCUT2D eigenvalue weighted by Crippen LogP contribution is -1.94. The molecular formula is C10H16O2. The first-order valence-electron chi connectivity index (χ1n) is 4.13. The van der Waals surface area contributed by atoms with Gasteiger partial charge in [0.1, 0.15) is 0 Å². The van der Waals surface area contributed by atoms with E-state index in [1.807, 2.05) is 13.0 Å². The van der Waals surface area contributed by atoms with Crippen molar-refractivity contribution in [3.8, 4) is 0 Å². The number of ether oxygens (including phenoxy) is 1. The summed E-state index contributed by atoms with van der Waals surface area (Å²) >= 11 is 0. The van der Waals surface area contributed by atoms with E-state index >= 15 is 0 Å². The summed E-state index contributed by atoms with van der Waals surface area (Å²) in [7, 11) is 1.38. The first kappa shape index (κ1) is 11.0. The predicted octanol–water partition coefficient (Wildman–Crippen LogP) is 2.46. The maximum absolute atomic E-state index is 10.7. The topological polar surface area (TPSA) is 26.3 Å². The number of allylic oxidation sites excluding steroid dienone is 3. The summed E-state index contributed by atoms with van der Waals surface area (Å²) in [6.45, 7) is 3.99. The van der Waals surface area contributed by atoms with Crippen molar-refractivity contribution in [1.82, 2.24) is 0 Å². The number of methoxy groups -OCH3 is 1. The Hall–Kier alpha value is -1.05. The lowest BCUT2D eigenvalue weighted by atomic mass is 10.2. The average Bonchev–Trinajstić information content (AvgIpc) is 2.05. The molecule has 0 aliphatic carbocycles. The fourth-order valence-electron chi connectivity index (χ4n) is 0.729. The summed E-state index contributed by atoms with van der Waals surface area (Å²) < 4.78 is 4.48. The zero-order chi connectivity index (χ0) is 9.40. The molecule has 0 amide bonds. The van der Waals surface area contributed by atoms with E-state index in [0.717, 1.165) is 18.4 Å². The van der Waals surface area contributed by atoms with Crippen molar-refractivity contribution < 1.29 is 9.53 Å². The van der Waals surface area contributed by atoms with Gasteiger partial charge in [0.2, 0.25) is 0 Å². The minimum absolute atomic E-state index is 0.298. The van der Waals surface area contributed by atoms with Crippen LogP contribution in [-0.4, -0.2) is 13.1 Å². The van der Waals surface area contributed by atoms with Crippen LogP contribution in [0.4, 0.5) is 0 Å². The molecule has 0 aromatic rings. The Morgan fingerprint density at radius 1 is 1.50 bits per heavy atom. The average molecular weight is 168 g/mol. The second-order valence-electron chi connectivity index (χ2n) is 2.60. The monoisotopic (exact) mass is 168 g/mol. The summed E-state index contributed by atoms with van der Waals surface area (Å²) in [5.41, 5.74) is 0.926. The van der Waals surface area contributed by atoms with Crippen LogP contribution in [0.25, 0.3) is 0 Å². The molecule has 68 valence electrons. The van der Waals surface area contributed by atoms with Gasteiger partial charge in [0, 0.05) is 6.08 Å². The van der Waals surface area contributed by atoms with E-state index in [0.29, 0.717) is 0 Å². The molecule has 0 aliphatic rings. The summed E-state index contributed by atoms with van der Waals surface area (Å²) in [6.07, 6.45) is 7.63. The highest BCUT2D eigenvalue weighted by atomic mass is 16.5. The molecule has 0 radical (unpaired) electrons. The van der Waals surface area contributed by atoms with Crippen LogP contribution in [-0.2, 0) is 9.53 Å². The standard InChI is InChI=1S/C10H16O2/c1-4-5-6-7-9(2)8-10(11)12-3/h6-8H,4-5H2,1-3H3/b7-6+,9-8+. The van der Waals surface area contributed by atoms with Gasteiger partial charge in [-0.25, -0.2) is 4.79 Å². The smallest absolute Gasteiger partial charge is 0.330 e.